The summed E-state index contributed by atoms with van der Waals surface area (Å²) >= 11 is 0. The molecule has 4 saturated heterocycles. The van der Waals surface area contributed by atoms with E-state index in [1.165, 1.54) is 58.4 Å². The molecule has 0 aromatic carbocycles. The van der Waals surface area contributed by atoms with Gasteiger partial charge >= 0.3 is 0 Å². The molecule has 112 valence electrons. The molecule has 0 aromatic heterocycles. The minimum absolute atomic E-state index is 0.587. The van der Waals surface area contributed by atoms with E-state index in [-0.39, 0.29) is 0 Å². The topological polar surface area (TPSA) is 27.7 Å². The molecule has 3 atom stereocenters. The minimum atomic E-state index is 0.587. The van der Waals surface area contributed by atoms with E-state index in [9.17, 15) is 0 Å². The molecule has 20 heavy (non-hydrogen) atoms. The molecule has 4 heteroatoms. The fraction of sp³-hybridized carbons (Fsp3) is 1.00. The number of nitrogens with one attached hydrogen (secondary N) is 1. The zero-order valence-electron chi connectivity index (χ0n) is 12.4. The molecular formula is C16H27N3O. The van der Waals surface area contributed by atoms with Gasteiger partial charge in [-0.05, 0) is 44.1 Å². The maximum atomic E-state index is 5.39. The Morgan fingerprint density at radius 3 is 2.50 bits per heavy atom. The van der Waals surface area contributed by atoms with E-state index in [1.807, 2.05) is 0 Å². The number of hydrogen-bond acceptors (Lipinski definition) is 4. The highest BCUT2D eigenvalue weighted by Gasteiger charge is 2.52. The number of likely N-dealkylation sites (tertiary alicyclic amines) is 2. The van der Waals surface area contributed by atoms with Crippen LogP contribution in [0, 0.1) is 17.3 Å². The third-order valence-corrected chi connectivity index (χ3v) is 6.55. The van der Waals surface area contributed by atoms with E-state index in [4.69, 9.17) is 4.74 Å². The van der Waals surface area contributed by atoms with Crippen LogP contribution < -0.4 is 5.32 Å². The Kier molecular flexibility index (Phi) is 2.74. The molecule has 0 aromatic rings. The Hall–Kier alpha value is -0.160. The number of fused-ring (bicyclic) bond motifs is 1. The van der Waals surface area contributed by atoms with E-state index in [0.29, 0.717) is 5.41 Å². The van der Waals surface area contributed by atoms with Crippen molar-refractivity contribution >= 4 is 0 Å². The van der Waals surface area contributed by atoms with E-state index in [2.05, 4.69) is 15.1 Å². The highest BCUT2D eigenvalue weighted by molar-refractivity contribution is 5.03. The van der Waals surface area contributed by atoms with Gasteiger partial charge in [0.15, 0.2) is 0 Å². The van der Waals surface area contributed by atoms with E-state index < -0.39 is 0 Å². The SMILES string of the molecule is C1CC2CC2C(N2CCC(N3CC4(COC4)C3)CC2)N1. The summed E-state index contributed by atoms with van der Waals surface area (Å²) < 4.78 is 5.39. The number of piperidine rings is 2. The molecule has 5 fully saturated rings. The first-order chi connectivity index (χ1) is 9.83. The highest BCUT2D eigenvalue weighted by atomic mass is 16.5. The number of rotatable bonds is 2. The van der Waals surface area contributed by atoms with Crippen LogP contribution in [-0.4, -0.2) is 67.9 Å². The Bertz CT molecular complexity index is 381. The molecule has 4 heterocycles. The number of nitrogens with zero attached hydrogens (tertiary/aromatic N) is 2. The number of hydrogen-bond donors (Lipinski definition) is 1. The molecule has 1 spiro atoms. The lowest BCUT2D eigenvalue weighted by atomic mass is 9.76. The van der Waals surface area contributed by atoms with Gasteiger partial charge in [0.25, 0.3) is 0 Å². The number of ether oxygens (including phenoxy) is 1. The molecule has 3 unspecified atom stereocenters. The summed E-state index contributed by atoms with van der Waals surface area (Å²) in [6.07, 6.45) is 6.40. The lowest BCUT2D eigenvalue weighted by Crippen LogP contribution is -2.69. The Morgan fingerprint density at radius 1 is 1.00 bits per heavy atom. The van der Waals surface area contributed by atoms with Gasteiger partial charge in [0.05, 0.1) is 19.4 Å². The van der Waals surface area contributed by atoms with Crippen LogP contribution in [0.1, 0.15) is 25.7 Å². The molecule has 1 N–H and O–H groups in total. The first kappa shape index (κ1) is 12.4. The molecule has 5 rings (SSSR count). The van der Waals surface area contributed by atoms with Crippen molar-refractivity contribution < 1.29 is 4.74 Å². The van der Waals surface area contributed by atoms with Crippen molar-refractivity contribution in [1.29, 1.82) is 0 Å². The zero-order valence-corrected chi connectivity index (χ0v) is 12.4. The van der Waals surface area contributed by atoms with Gasteiger partial charge in [-0.2, -0.15) is 0 Å². The summed E-state index contributed by atoms with van der Waals surface area (Å²) in [6.45, 7) is 8.54. The second-order valence-corrected chi connectivity index (χ2v) is 8.01. The first-order valence-electron chi connectivity index (χ1n) is 8.62. The summed E-state index contributed by atoms with van der Waals surface area (Å²) in [6, 6.07) is 0.857. The van der Waals surface area contributed by atoms with Crippen LogP contribution in [0.15, 0.2) is 0 Å². The standard InChI is InChI=1S/C16H27N3O/c1-4-17-15(14-7-12(1)14)18-5-2-13(3-6-18)19-8-16(9-19)10-20-11-16/h12-15,17H,1-11H2. The summed E-state index contributed by atoms with van der Waals surface area (Å²) in [7, 11) is 0. The predicted octanol–water partition coefficient (Wildman–Crippen LogP) is 0.739. The Labute approximate surface area is 121 Å². The maximum absolute atomic E-state index is 5.39. The van der Waals surface area contributed by atoms with Gasteiger partial charge in [-0.1, -0.05) is 0 Å². The van der Waals surface area contributed by atoms with Gasteiger partial charge in [-0.25, -0.2) is 0 Å². The van der Waals surface area contributed by atoms with Gasteiger partial charge in [0.1, 0.15) is 0 Å². The summed E-state index contributed by atoms with van der Waals surface area (Å²) in [5, 5.41) is 3.78. The Morgan fingerprint density at radius 2 is 1.80 bits per heavy atom. The maximum Gasteiger partial charge on any atom is 0.0628 e. The van der Waals surface area contributed by atoms with E-state index in [1.54, 1.807) is 0 Å². The molecule has 0 amide bonds. The normalized spacial score (nSPS) is 44.7. The molecule has 0 radical (unpaired) electrons. The molecule has 4 nitrogen and oxygen atoms in total. The third-order valence-electron chi connectivity index (χ3n) is 6.55. The van der Waals surface area contributed by atoms with Crippen molar-refractivity contribution in [2.45, 2.75) is 37.9 Å². The van der Waals surface area contributed by atoms with Crippen molar-refractivity contribution in [3.05, 3.63) is 0 Å². The van der Waals surface area contributed by atoms with Gasteiger partial charge in [-0.15, -0.1) is 0 Å². The van der Waals surface area contributed by atoms with Crippen LogP contribution in [-0.2, 0) is 4.74 Å². The van der Waals surface area contributed by atoms with Gasteiger partial charge in [0.2, 0.25) is 0 Å². The third kappa shape index (κ3) is 1.88. The molecule has 0 bridgehead atoms. The van der Waals surface area contributed by atoms with Gasteiger partial charge < -0.3 is 10.1 Å². The molecule has 4 aliphatic heterocycles. The van der Waals surface area contributed by atoms with E-state index in [0.717, 1.165) is 37.3 Å². The monoisotopic (exact) mass is 277 g/mol. The van der Waals surface area contributed by atoms with Crippen molar-refractivity contribution in [2.75, 3.05) is 45.9 Å². The summed E-state index contributed by atoms with van der Waals surface area (Å²) in [4.78, 5) is 5.48. The molecule has 1 saturated carbocycles. The molecular weight excluding hydrogens is 250 g/mol. The average Bonchev–Trinajstić information content (AvgIpc) is 3.15. The van der Waals surface area contributed by atoms with Gasteiger partial charge in [-0.3, -0.25) is 9.80 Å². The van der Waals surface area contributed by atoms with Crippen molar-refractivity contribution in [1.82, 2.24) is 15.1 Å². The van der Waals surface area contributed by atoms with Crippen LogP contribution in [0.25, 0.3) is 0 Å². The van der Waals surface area contributed by atoms with Crippen LogP contribution in [0.4, 0.5) is 0 Å². The summed E-state index contributed by atoms with van der Waals surface area (Å²) in [5.41, 5.74) is 0.587. The van der Waals surface area contributed by atoms with Crippen LogP contribution >= 0.6 is 0 Å². The minimum Gasteiger partial charge on any atom is -0.380 e. The first-order valence-corrected chi connectivity index (χ1v) is 8.62. The van der Waals surface area contributed by atoms with Crippen molar-refractivity contribution in [2.24, 2.45) is 17.3 Å². The quantitative estimate of drug-likeness (QED) is 0.806. The fourth-order valence-corrected chi connectivity index (χ4v) is 5.13. The lowest BCUT2D eigenvalue weighted by Gasteiger charge is -2.58. The zero-order chi connectivity index (χ0) is 13.2. The van der Waals surface area contributed by atoms with Crippen LogP contribution in [0.3, 0.4) is 0 Å². The Balaban J connectivity index is 1.13. The average molecular weight is 277 g/mol. The predicted molar refractivity (Wildman–Crippen MR) is 77.4 cm³/mol. The van der Waals surface area contributed by atoms with Crippen molar-refractivity contribution in [3.63, 3.8) is 0 Å². The second kappa shape index (κ2) is 4.42. The second-order valence-electron chi connectivity index (χ2n) is 8.01. The van der Waals surface area contributed by atoms with Crippen molar-refractivity contribution in [3.8, 4) is 0 Å². The fourth-order valence-electron chi connectivity index (χ4n) is 5.13. The smallest absolute Gasteiger partial charge is 0.0628 e. The molecule has 5 aliphatic rings. The molecule has 1 aliphatic carbocycles. The highest BCUT2D eigenvalue weighted by Crippen LogP contribution is 2.47. The van der Waals surface area contributed by atoms with Crippen LogP contribution in [0.2, 0.25) is 0 Å². The van der Waals surface area contributed by atoms with Crippen LogP contribution in [0.5, 0.6) is 0 Å². The lowest BCUT2D eigenvalue weighted by molar-refractivity contribution is -0.201. The largest absolute Gasteiger partial charge is 0.380 e. The van der Waals surface area contributed by atoms with Gasteiger partial charge in [0, 0.05) is 37.6 Å². The summed E-state index contributed by atoms with van der Waals surface area (Å²) in [5.74, 6) is 2.05. The van der Waals surface area contributed by atoms with E-state index >= 15 is 0 Å².